The van der Waals surface area contributed by atoms with Gasteiger partial charge in [-0.15, -0.1) is 0 Å². The molecule has 0 unspecified atom stereocenters. The third-order valence-corrected chi connectivity index (χ3v) is 2.02. The van der Waals surface area contributed by atoms with Crippen molar-refractivity contribution in [3.05, 3.63) is 41.5 Å². The highest BCUT2D eigenvalue weighted by Gasteiger charge is 2.03. The summed E-state index contributed by atoms with van der Waals surface area (Å²) in [6, 6.07) is 7.63. The minimum atomic E-state index is -0.404. The summed E-state index contributed by atoms with van der Waals surface area (Å²) in [5, 5.41) is 0. The predicted octanol–water partition coefficient (Wildman–Crippen LogP) is 1.86. The summed E-state index contributed by atoms with van der Waals surface area (Å²) in [6.07, 6.45) is 1.31. The van der Waals surface area contributed by atoms with Crippen LogP contribution in [0.3, 0.4) is 0 Å². The van der Waals surface area contributed by atoms with Crippen molar-refractivity contribution in [2.24, 2.45) is 5.73 Å². The number of ether oxygens (including phenoxy) is 1. The molecule has 15 heavy (non-hydrogen) atoms. The molecule has 1 aromatic carbocycles. The van der Waals surface area contributed by atoms with Crippen molar-refractivity contribution in [2.45, 2.75) is 13.8 Å². The number of carbonyl (C=O) groups excluding carboxylic acids is 1. The molecule has 0 spiro atoms. The van der Waals surface area contributed by atoms with E-state index in [2.05, 4.69) is 0 Å². The molecule has 80 valence electrons. The first-order valence-electron chi connectivity index (χ1n) is 4.85. The SMILES string of the molecule is CCOC(=O)/C=C(\N)c1ccccc1C. The number of hydrogen-bond acceptors (Lipinski definition) is 3. The zero-order valence-corrected chi connectivity index (χ0v) is 8.99. The van der Waals surface area contributed by atoms with Gasteiger partial charge in [0.15, 0.2) is 0 Å². The molecule has 0 fully saturated rings. The molecule has 0 radical (unpaired) electrons. The number of hydrogen-bond donors (Lipinski definition) is 1. The maximum Gasteiger partial charge on any atom is 0.332 e. The summed E-state index contributed by atoms with van der Waals surface area (Å²) in [4.78, 5) is 11.2. The van der Waals surface area contributed by atoms with E-state index in [-0.39, 0.29) is 0 Å². The lowest BCUT2D eigenvalue weighted by Crippen LogP contribution is -2.05. The highest BCUT2D eigenvalue weighted by atomic mass is 16.5. The summed E-state index contributed by atoms with van der Waals surface area (Å²) < 4.78 is 4.78. The lowest BCUT2D eigenvalue weighted by Gasteiger charge is -2.05. The van der Waals surface area contributed by atoms with Crippen LogP contribution in [0.25, 0.3) is 5.70 Å². The van der Waals surface area contributed by atoms with E-state index >= 15 is 0 Å². The molecule has 0 aliphatic heterocycles. The van der Waals surface area contributed by atoms with Gasteiger partial charge < -0.3 is 10.5 Å². The number of nitrogens with two attached hydrogens (primary N) is 1. The lowest BCUT2D eigenvalue weighted by atomic mass is 10.1. The van der Waals surface area contributed by atoms with Crippen LogP contribution in [0.5, 0.6) is 0 Å². The van der Waals surface area contributed by atoms with Gasteiger partial charge in [0, 0.05) is 17.3 Å². The van der Waals surface area contributed by atoms with E-state index in [1.165, 1.54) is 6.08 Å². The minimum absolute atomic E-state index is 0.358. The van der Waals surface area contributed by atoms with Gasteiger partial charge in [-0.25, -0.2) is 4.79 Å². The molecule has 2 N–H and O–H groups in total. The van der Waals surface area contributed by atoms with Crippen molar-refractivity contribution < 1.29 is 9.53 Å². The molecule has 3 nitrogen and oxygen atoms in total. The second-order valence-corrected chi connectivity index (χ2v) is 3.17. The Balaban J connectivity index is 2.89. The van der Waals surface area contributed by atoms with Crippen LogP contribution in [0.1, 0.15) is 18.1 Å². The molecule has 1 aromatic rings. The van der Waals surface area contributed by atoms with Gasteiger partial charge in [0.1, 0.15) is 0 Å². The predicted molar refractivity (Wildman–Crippen MR) is 60.0 cm³/mol. The Bertz CT molecular complexity index is 383. The summed E-state index contributed by atoms with van der Waals surface area (Å²) in [5.74, 6) is -0.404. The Morgan fingerprint density at radius 1 is 1.47 bits per heavy atom. The molecule has 0 heterocycles. The fourth-order valence-electron chi connectivity index (χ4n) is 1.29. The number of benzene rings is 1. The first-order chi connectivity index (χ1) is 7.15. The zero-order valence-electron chi connectivity index (χ0n) is 8.99. The number of carbonyl (C=O) groups is 1. The zero-order chi connectivity index (χ0) is 11.3. The van der Waals surface area contributed by atoms with E-state index in [1.807, 2.05) is 31.2 Å². The molecule has 0 saturated carbocycles. The standard InChI is InChI=1S/C12H15NO2/c1-3-15-12(14)8-11(13)10-7-5-4-6-9(10)2/h4-8H,3,13H2,1-2H3/b11-8-. The van der Waals surface area contributed by atoms with Crippen LogP contribution in [-0.4, -0.2) is 12.6 Å². The van der Waals surface area contributed by atoms with E-state index in [0.29, 0.717) is 12.3 Å². The van der Waals surface area contributed by atoms with Crippen LogP contribution in [0.2, 0.25) is 0 Å². The van der Waals surface area contributed by atoms with Crippen LogP contribution >= 0.6 is 0 Å². The van der Waals surface area contributed by atoms with Gasteiger partial charge in [-0.2, -0.15) is 0 Å². The number of rotatable bonds is 3. The van der Waals surface area contributed by atoms with E-state index in [1.54, 1.807) is 6.92 Å². The first-order valence-corrected chi connectivity index (χ1v) is 4.85. The molecule has 0 bridgehead atoms. The molecule has 0 aromatic heterocycles. The molecule has 3 heteroatoms. The van der Waals surface area contributed by atoms with Gasteiger partial charge in [0.05, 0.1) is 6.61 Å². The van der Waals surface area contributed by atoms with Crippen LogP contribution in [0.4, 0.5) is 0 Å². The number of esters is 1. The van der Waals surface area contributed by atoms with Crippen molar-refractivity contribution in [3.63, 3.8) is 0 Å². The number of aryl methyl sites for hydroxylation is 1. The summed E-state index contributed by atoms with van der Waals surface area (Å²) >= 11 is 0. The van der Waals surface area contributed by atoms with Crippen LogP contribution in [-0.2, 0) is 9.53 Å². The van der Waals surface area contributed by atoms with Crippen molar-refractivity contribution in [1.82, 2.24) is 0 Å². The fourth-order valence-corrected chi connectivity index (χ4v) is 1.29. The normalized spacial score (nSPS) is 11.2. The quantitative estimate of drug-likeness (QED) is 0.605. The molecule has 1 rings (SSSR count). The highest BCUT2D eigenvalue weighted by molar-refractivity contribution is 5.90. The van der Waals surface area contributed by atoms with E-state index in [0.717, 1.165) is 11.1 Å². The average molecular weight is 205 g/mol. The third kappa shape index (κ3) is 3.13. The largest absolute Gasteiger partial charge is 0.463 e. The average Bonchev–Trinajstić information content (AvgIpc) is 2.18. The lowest BCUT2D eigenvalue weighted by molar-refractivity contribution is -0.137. The Morgan fingerprint density at radius 2 is 2.13 bits per heavy atom. The molecule has 0 aliphatic carbocycles. The molecule has 0 amide bonds. The van der Waals surface area contributed by atoms with Gasteiger partial charge in [0.2, 0.25) is 0 Å². The van der Waals surface area contributed by atoms with Gasteiger partial charge in [0.25, 0.3) is 0 Å². The van der Waals surface area contributed by atoms with Gasteiger partial charge >= 0.3 is 5.97 Å². The maximum atomic E-state index is 11.2. The Morgan fingerprint density at radius 3 is 2.73 bits per heavy atom. The van der Waals surface area contributed by atoms with Crippen LogP contribution < -0.4 is 5.73 Å². The Labute approximate surface area is 89.5 Å². The van der Waals surface area contributed by atoms with E-state index in [9.17, 15) is 4.79 Å². The van der Waals surface area contributed by atoms with Crippen LogP contribution in [0, 0.1) is 6.92 Å². The topological polar surface area (TPSA) is 52.3 Å². The van der Waals surface area contributed by atoms with E-state index < -0.39 is 5.97 Å². The summed E-state index contributed by atoms with van der Waals surface area (Å²) in [5.41, 5.74) is 8.13. The van der Waals surface area contributed by atoms with Crippen molar-refractivity contribution in [1.29, 1.82) is 0 Å². The molecule has 0 atom stereocenters. The maximum absolute atomic E-state index is 11.2. The first kappa shape index (κ1) is 11.3. The van der Waals surface area contributed by atoms with Crippen molar-refractivity contribution in [3.8, 4) is 0 Å². The molecular formula is C12H15NO2. The van der Waals surface area contributed by atoms with E-state index in [4.69, 9.17) is 10.5 Å². The monoisotopic (exact) mass is 205 g/mol. The third-order valence-electron chi connectivity index (χ3n) is 2.02. The van der Waals surface area contributed by atoms with Crippen molar-refractivity contribution in [2.75, 3.05) is 6.61 Å². The molecule has 0 saturated heterocycles. The highest BCUT2D eigenvalue weighted by Crippen LogP contribution is 2.13. The summed E-state index contributed by atoms with van der Waals surface area (Å²) in [6.45, 7) is 4.06. The fraction of sp³-hybridized carbons (Fsp3) is 0.250. The molecular weight excluding hydrogens is 190 g/mol. The van der Waals surface area contributed by atoms with Gasteiger partial charge in [-0.05, 0) is 19.4 Å². The second kappa shape index (κ2) is 5.20. The van der Waals surface area contributed by atoms with Gasteiger partial charge in [-0.3, -0.25) is 0 Å². The summed E-state index contributed by atoms with van der Waals surface area (Å²) in [7, 11) is 0. The van der Waals surface area contributed by atoms with Crippen molar-refractivity contribution >= 4 is 11.7 Å². The Kier molecular flexibility index (Phi) is 3.92. The van der Waals surface area contributed by atoms with Crippen LogP contribution in [0.15, 0.2) is 30.3 Å². The molecule has 0 aliphatic rings. The second-order valence-electron chi connectivity index (χ2n) is 3.17. The van der Waals surface area contributed by atoms with Gasteiger partial charge in [-0.1, -0.05) is 24.3 Å². The smallest absolute Gasteiger partial charge is 0.332 e. The minimum Gasteiger partial charge on any atom is -0.463 e. The Hall–Kier alpha value is -1.77.